The second-order valence-corrected chi connectivity index (χ2v) is 4.84. The first kappa shape index (κ1) is 13.2. The van der Waals surface area contributed by atoms with Gasteiger partial charge >= 0.3 is 0 Å². The van der Waals surface area contributed by atoms with Gasteiger partial charge in [-0.3, -0.25) is 4.79 Å². The van der Waals surface area contributed by atoms with Gasteiger partial charge in [-0.05, 0) is 46.3 Å². The molecule has 2 aromatic rings. The maximum absolute atomic E-state index is 13.5. The van der Waals surface area contributed by atoms with Crippen LogP contribution in [0.5, 0.6) is 0 Å². The van der Waals surface area contributed by atoms with Crippen LogP contribution in [-0.4, -0.2) is 5.78 Å². The highest BCUT2D eigenvalue weighted by Crippen LogP contribution is 2.25. The van der Waals surface area contributed by atoms with Crippen LogP contribution in [0, 0.1) is 11.6 Å². The zero-order valence-corrected chi connectivity index (χ0v) is 11.2. The summed E-state index contributed by atoms with van der Waals surface area (Å²) in [7, 11) is 0. The standard InChI is InChI=1S/C13H6BrClF2O/c14-10-5-7(1-4-11(10)15)13(18)9-3-2-8(16)6-12(9)17/h1-6H. The molecule has 92 valence electrons. The normalized spacial score (nSPS) is 10.4. The topological polar surface area (TPSA) is 17.1 Å². The number of benzene rings is 2. The van der Waals surface area contributed by atoms with E-state index in [9.17, 15) is 13.6 Å². The smallest absolute Gasteiger partial charge is 0.196 e. The molecule has 0 aliphatic heterocycles. The molecule has 0 saturated carbocycles. The van der Waals surface area contributed by atoms with Gasteiger partial charge in [-0.1, -0.05) is 11.6 Å². The highest BCUT2D eigenvalue weighted by molar-refractivity contribution is 9.10. The van der Waals surface area contributed by atoms with Crippen LogP contribution < -0.4 is 0 Å². The molecule has 0 aromatic heterocycles. The molecule has 0 atom stereocenters. The largest absolute Gasteiger partial charge is 0.288 e. The van der Waals surface area contributed by atoms with Crippen molar-refractivity contribution in [2.24, 2.45) is 0 Å². The van der Waals surface area contributed by atoms with E-state index >= 15 is 0 Å². The Labute approximate surface area is 116 Å². The van der Waals surface area contributed by atoms with Crippen molar-refractivity contribution in [2.75, 3.05) is 0 Å². The molecule has 2 rings (SSSR count). The van der Waals surface area contributed by atoms with Gasteiger partial charge in [0.05, 0.1) is 10.6 Å². The van der Waals surface area contributed by atoms with Crippen molar-refractivity contribution < 1.29 is 13.6 Å². The van der Waals surface area contributed by atoms with E-state index < -0.39 is 17.4 Å². The van der Waals surface area contributed by atoms with Crippen LogP contribution in [0.1, 0.15) is 15.9 Å². The number of hydrogen-bond acceptors (Lipinski definition) is 1. The molecule has 0 N–H and O–H groups in total. The average Bonchev–Trinajstić information content (AvgIpc) is 2.32. The lowest BCUT2D eigenvalue weighted by molar-refractivity contribution is 0.103. The molecule has 0 aliphatic rings. The Morgan fingerprint density at radius 3 is 2.44 bits per heavy atom. The molecule has 0 unspecified atom stereocenters. The minimum Gasteiger partial charge on any atom is -0.288 e. The van der Waals surface area contributed by atoms with E-state index in [1.54, 1.807) is 0 Å². The lowest BCUT2D eigenvalue weighted by Crippen LogP contribution is -2.04. The molecular formula is C13H6BrClF2O. The predicted molar refractivity (Wildman–Crippen MR) is 68.9 cm³/mol. The van der Waals surface area contributed by atoms with Crippen molar-refractivity contribution in [3.63, 3.8) is 0 Å². The molecule has 18 heavy (non-hydrogen) atoms. The van der Waals surface area contributed by atoms with Crippen LogP contribution in [0.25, 0.3) is 0 Å². The second-order valence-electron chi connectivity index (χ2n) is 3.58. The predicted octanol–water partition coefficient (Wildman–Crippen LogP) is 4.61. The van der Waals surface area contributed by atoms with Crippen molar-refractivity contribution in [1.82, 2.24) is 0 Å². The van der Waals surface area contributed by atoms with E-state index in [0.29, 0.717) is 15.6 Å². The maximum atomic E-state index is 13.5. The van der Waals surface area contributed by atoms with Gasteiger partial charge in [-0.2, -0.15) is 0 Å². The van der Waals surface area contributed by atoms with Crippen molar-refractivity contribution >= 4 is 33.3 Å². The number of ketones is 1. The van der Waals surface area contributed by atoms with E-state index in [0.717, 1.165) is 12.1 Å². The zero-order valence-electron chi connectivity index (χ0n) is 8.88. The average molecular weight is 332 g/mol. The fourth-order valence-electron chi connectivity index (χ4n) is 1.47. The summed E-state index contributed by atoms with van der Waals surface area (Å²) >= 11 is 8.98. The van der Waals surface area contributed by atoms with E-state index in [-0.39, 0.29) is 11.1 Å². The van der Waals surface area contributed by atoms with Crippen LogP contribution in [-0.2, 0) is 0 Å². The summed E-state index contributed by atoms with van der Waals surface area (Å²) < 4.78 is 26.8. The Morgan fingerprint density at radius 2 is 1.83 bits per heavy atom. The summed E-state index contributed by atoms with van der Waals surface area (Å²) in [4.78, 5) is 12.0. The molecular weight excluding hydrogens is 325 g/mol. The summed E-state index contributed by atoms with van der Waals surface area (Å²) in [5.74, 6) is -2.13. The van der Waals surface area contributed by atoms with E-state index in [1.165, 1.54) is 18.2 Å². The van der Waals surface area contributed by atoms with Gasteiger partial charge < -0.3 is 0 Å². The Morgan fingerprint density at radius 1 is 1.11 bits per heavy atom. The third-order valence-electron chi connectivity index (χ3n) is 2.36. The van der Waals surface area contributed by atoms with Crippen LogP contribution in [0.3, 0.4) is 0 Å². The molecule has 5 heteroatoms. The van der Waals surface area contributed by atoms with Crippen LogP contribution in [0.2, 0.25) is 5.02 Å². The summed E-state index contributed by atoms with van der Waals surface area (Å²) in [5.41, 5.74) is 0.0994. The summed E-state index contributed by atoms with van der Waals surface area (Å²) in [6, 6.07) is 7.35. The third kappa shape index (κ3) is 2.60. The van der Waals surface area contributed by atoms with Gasteiger partial charge in [0, 0.05) is 16.1 Å². The zero-order chi connectivity index (χ0) is 13.3. The molecule has 1 nitrogen and oxygen atoms in total. The van der Waals surface area contributed by atoms with Crippen molar-refractivity contribution in [3.8, 4) is 0 Å². The number of carbonyl (C=O) groups excluding carboxylic acids is 1. The second kappa shape index (κ2) is 5.16. The Balaban J connectivity index is 2.44. The monoisotopic (exact) mass is 330 g/mol. The van der Waals surface area contributed by atoms with Crippen LogP contribution in [0.4, 0.5) is 8.78 Å². The van der Waals surface area contributed by atoms with Gasteiger partial charge in [-0.25, -0.2) is 8.78 Å². The minimum absolute atomic E-state index is 0.175. The van der Waals surface area contributed by atoms with Gasteiger partial charge in [0.1, 0.15) is 11.6 Å². The Kier molecular flexibility index (Phi) is 3.78. The summed E-state index contributed by atoms with van der Waals surface area (Å²) in [5, 5.41) is 0.450. The van der Waals surface area contributed by atoms with Crippen LogP contribution in [0.15, 0.2) is 40.9 Å². The molecule has 0 fully saturated rings. The van der Waals surface area contributed by atoms with Crippen LogP contribution >= 0.6 is 27.5 Å². The molecule has 0 radical (unpaired) electrons. The highest BCUT2D eigenvalue weighted by Gasteiger charge is 2.15. The first-order valence-electron chi connectivity index (χ1n) is 4.94. The molecule has 0 bridgehead atoms. The first-order chi connectivity index (χ1) is 8.49. The summed E-state index contributed by atoms with van der Waals surface area (Å²) in [6.07, 6.45) is 0. The Bertz CT molecular complexity index is 628. The number of rotatable bonds is 2. The number of halogens is 4. The minimum atomic E-state index is -0.883. The summed E-state index contributed by atoms with van der Waals surface area (Å²) in [6.45, 7) is 0. The van der Waals surface area contributed by atoms with Gasteiger partial charge in [0.25, 0.3) is 0 Å². The maximum Gasteiger partial charge on any atom is 0.196 e. The fraction of sp³-hybridized carbons (Fsp3) is 0. The molecule has 0 aliphatic carbocycles. The van der Waals surface area contributed by atoms with E-state index in [4.69, 9.17) is 11.6 Å². The molecule has 0 amide bonds. The Hall–Kier alpha value is -1.26. The van der Waals surface area contributed by atoms with Crippen molar-refractivity contribution in [1.29, 1.82) is 0 Å². The lowest BCUT2D eigenvalue weighted by Gasteiger charge is -2.04. The molecule has 0 heterocycles. The van der Waals surface area contributed by atoms with Crippen molar-refractivity contribution in [3.05, 3.63) is 68.7 Å². The first-order valence-corrected chi connectivity index (χ1v) is 6.11. The van der Waals surface area contributed by atoms with Crippen molar-refractivity contribution in [2.45, 2.75) is 0 Å². The third-order valence-corrected chi connectivity index (χ3v) is 3.57. The number of hydrogen-bond donors (Lipinski definition) is 0. The van der Waals surface area contributed by atoms with E-state index in [1.807, 2.05) is 0 Å². The van der Waals surface area contributed by atoms with E-state index in [2.05, 4.69) is 15.9 Å². The quantitative estimate of drug-likeness (QED) is 0.734. The molecule has 0 saturated heterocycles. The lowest BCUT2D eigenvalue weighted by atomic mass is 10.0. The van der Waals surface area contributed by atoms with Gasteiger partial charge in [0.15, 0.2) is 5.78 Å². The highest BCUT2D eigenvalue weighted by atomic mass is 79.9. The van der Waals surface area contributed by atoms with Gasteiger partial charge in [0.2, 0.25) is 0 Å². The van der Waals surface area contributed by atoms with Gasteiger partial charge in [-0.15, -0.1) is 0 Å². The molecule has 0 spiro atoms. The SMILES string of the molecule is O=C(c1ccc(Cl)c(Br)c1)c1ccc(F)cc1F. The molecule has 2 aromatic carbocycles. The fourth-order valence-corrected chi connectivity index (χ4v) is 1.96. The number of carbonyl (C=O) groups is 1.